The predicted molar refractivity (Wildman–Crippen MR) is 124 cm³/mol. The lowest BCUT2D eigenvalue weighted by atomic mass is 9.99. The topological polar surface area (TPSA) is 77.0 Å². The van der Waals surface area contributed by atoms with Crippen molar-refractivity contribution in [1.29, 1.82) is 0 Å². The minimum atomic E-state index is -0.442. The summed E-state index contributed by atoms with van der Waals surface area (Å²) in [6.07, 6.45) is 2.54. The largest absolute Gasteiger partial charge is 0.484 e. The molecule has 0 saturated heterocycles. The van der Waals surface area contributed by atoms with Gasteiger partial charge in [-0.25, -0.2) is 10.2 Å². The normalized spacial score (nSPS) is 11.7. The summed E-state index contributed by atoms with van der Waals surface area (Å²) in [6.45, 7) is 4.17. The lowest BCUT2D eigenvalue weighted by Gasteiger charge is -2.10. The Hall–Kier alpha value is -3.93. The van der Waals surface area contributed by atoms with E-state index in [4.69, 9.17) is 9.47 Å². The van der Waals surface area contributed by atoms with Gasteiger partial charge in [0.05, 0.1) is 11.8 Å². The highest BCUT2D eigenvalue weighted by Gasteiger charge is 2.08. The van der Waals surface area contributed by atoms with Crippen molar-refractivity contribution in [1.82, 2.24) is 5.43 Å². The molecule has 164 valence electrons. The molecular weight excluding hydrogens is 404 g/mol. The monoisotopic (exact) mass is 430 g/mol. The van der Waals surface area contributed by atoms with Gasteiger partial charge in [0.2, 0.25) is 0 Å². The van der Waals surface area contributed by atoms with Gasteiger partial charge in [0.15, 0.2) is 6.61 Å². The number of amides is 1. The number of nitrogens with zero attached hydrogens (tertiary/aromatic N) is 1. The summed E-state index contributed by atoms with van der Waals surface area (Å²) in [7, 11) is 0. The number of benzene rings is 3. The molecule has 0 spiro atoms. The number of hydrogen-bond donors (Lipinski definition) is 1. The first-order chi connectivity index (χ1) is 15.5. The first-order valence-corrected chi connectivity index (χ1v) is 10.5. The molecule has 6 nitrogen and oxygen atoms in total. The van der Waals surface area contributed by atoms with Crippen LogP contribution in [-0.2, 0) is 4.79 Å². The van der Waals surface area contributed by atoms with Crippen LogP contribution in [0.4, 0.5) is 0 Å². The zero-order valence-electron chi connectivity index (χ0n) is 18.2. The molecule has 6 heteroatoms. The zero-order valence-corrected chi connectivity index (χ0v) is 18.2. The Balaban J connectivity index is 1.47. The van der Waals surface area contributed by atoms with Crippen molar-refractivity contribution >= 4 is 18.1 Å². The second kappa shape index (κ2) is 11.5. The Morgan fingerprint density at radius 3 is 2.44 bits per heavy atom. The van der Waals surface area contributed by atoms with Crippen molar-refractivity contribution in [3.05, 3.63) is 95.6 Å². The lowest BCUT2D eigenvalue weighted by molar-refractivity contribution is -0.123. The summed E-state index contributed by atoms with van der Waals surface area (Å²) in [4.78, 5) is 24.1. The Labute approximate surface area is 187 Å². The first-order valence-electron chi connectivity index (χ1n) is 10.5. The summed E-state index contributed by atoms with van der Waals surface area (Å²) >= 11 is 0. The SMILES string of the molecule is CC[C@H](C)c1ccc(OCC(=O)N/N=C\c2cccc(OC(=O)c3ccccc3)c2)cc1. The quantitative estimate of drug-likeness (QED) is 0.226. The third kappa shape index (κ3) is 6.80. The number of ether oxygens (including phenoxy) is 2. The van der Waals surface area contributed by atoms with E-state index in [9.17, 15) is 9.59 Å². The zero-order chi connectivity index (χ0) is 22.8. The summed E-state index contributed by atoms with van der Waals surface area (Å²) in [5.41, 5.74) is 4.80. The maximum atomic E-state index is 12.2. The molecule has 1 amide bonds. The summed E-state index contributed by atoms with van der Waals surface area (Å²) in [6, 6.07) is 23.3. The molecule has 0 unspecified atom stereocenters. The van der Waals surface area contributed by atoms with Gasteiger partial charge in [0.1, 0.15) is 11.5 Å². The van der Waals surface area contributed by atoms with E-state index < -0.39 is 5.97 Å². The third-order valence-electron chi connectivity index (χ3n) is 4.91. The molecule has 3 aromatic rings. The van der Waals surface area contributed by atoms with Crippen molar-refractivity contribution in [3.8, 4) is 11.5 Å². The van der Waals surface area contributed by atoms with Crippen LogP contribution in [0, 0.1) is 0 Å². The fourth-order valence-corrected chi connectivity index (χ4v) is 2.89. The van der Waals surface area contributed by atoms with Gasteiger partial charge in [0, 0.05) is 0 Å². The molecular formula is C26H26N2O4. The fourth-order valence-electron chi connectivity index (χ4n) is 2.89. The van der Waals surface area contributed by atoms with Crippen LogP contribution in [-0.4, -0.2) is 24.7 Å². The molecule has 1 N–H and O–H groups in total. The highest BCUT2D eigenvalue weighted by molar-refractivity contribution is 5.91. The number of hydrogen-bond acceptors (Lipinski definition) is 5. The molecule has 32 heavy (non-hydrogen) atoms. The van der Waals surface area contributed by atoms with Crippen LogP contribution in [0.1, 0.15) is 47.7 Å². The van der Waals surface area contributed by atoms with Crippen LogP contribution in [0.5, 0.6) is 11.5 Å². The Morgan fingerprint density at radius 1 is 0.969 bits per heavy atom. The smallest absolute Gasteiger partial charge is 0.343 e. The van der Waals surface area contributed by atoms with Crippen LogP contribution in [0.15, 0.2) is 84.0 Å². The van der Waals surface area contributed by atoms with Crippen molar-refractivity contribution in [2.75, 3.05) is 6.61 Å². The van der Waals surface area contributed by atoms with Gasteiger partial charge in [-0.15, -0.1) is 0 Å². The molecule has 0 radical (unpaired) electrons. The maximum absolute atomic E-state index is 12.2. The maximum Gasteiger partial charge on any atom is 0.343 e. The Morgan fingerprint density at radius 2 is 1.72 bits per heavy atom. The average Bonchev–Trinajstić information content (AvgIpc) is 2.83. The molecule has 0 aliphatic heterocycles. The average molecular weight is 431 g/mol. The predicted octanol–water partition coefficient (Wildman–Crippen LogP) is 4.95. The van der Waals surface area contributed by atoms with E-state index in [1.54, 1.807) is 48.5 Å². The van der Waals surface area contributed by atoms with E-state index in [0.717, 1.165) is 6.42 Å². The van der Waals surface area contributed by atoms with Gasteiger partial charge < -0.3 is 9.47 Å². The molecule has 3 rings (SSSR count). The highest BCUT2D eigenvalue weighted by atomic mass is 16.5. The molecule has 0 aromatic heterocycles. The summed E-state index contributed by atoms with van der Waals surface area (Å²) < 4.78 is 10.9. The number of hydrazone groups is 1. The number of carbonyl (C=O) groups is 2. The van der Waals surface area contributed by atoms with Crippen LogP contribution in [0.25, 0.3) is 0 Å². The van der Waals surface area contributed by atoms with Crippen molar-refractivity contribution in [2.45, 2.75) is 26.2 Å². The second-order valence-electron chi connectivity index (χ2n) is 7.29. The van der Waals surface area contributed by atoms with Gasteiger partial charge >= 0.3 is 5.97 Å². The minimum absolute atomic E-state index is 0.144. The van der Waals surface area contributed by atoms with E-state index in [1.165, 1.54) is 11.8 Å². The van der Waals surface area contributed by atoms with Gasteiger partial charge in [-0.1, -0.05) is 56.3 Å². The fraction of sp³-hybridized carbons (Fsp3) is 0.192. The number of nitrogens with one attached hydrogen (secondary N) is 1. The molecule has 0 aliphatic carbocycles. The highest BCUT2D eigenvalue weighted by Crippen LogP contribution is 2.21. The molecule has 0 aliphatic rings. The standard InChI is InChI=1S/C26H26N2O4/c1-3-19(2)21-12-14-23(15-13-21)31-18-25(29)28-27-17-20-8-7-11-24(16-20)32-26(30)22-9-5-4-6-10-22/h4-17,19H,3,18H2,1-2H3,(H,28,29)/b27-17-/t19-/m0/s1. The van der Waals surface area contributed by atoms with Gasteiger partial charge in [0.25, 0.3) is 5.91 Å². The first kappa shape index (κ1) is 22.7. The lowest BCUT2D eigenvalue weighted by Crippen LogP contribution is -2.24. The van der Waals surface area contributed by atoms with Crippen LogP contribution in [0.3, 0.4) is 0 Å². The molecule has 0 heterocycles. The Kier molecular flexibility index (Phi) is 8.15. The van der Waals surface area contributed by atoms with Crippen LogP contribution in [0.2, 0.25) is 0 Å². The van der Waals surface area contributed by atoms with E-state index >= 15 is 0 Å². The molecule has 0 saturated carbocycles. The molecule has 0 fully saturated rings. The van der Waals surface area contributed by atoms with E-state index in [1.807, 2.05) is 30.3 Å². The number of carbonyl (C=O) groups excluding carboxylic acids is 2. The van der Waals surface area contributed by atoms with Crippen molar-refractivity contribution in [3.63, 3.8) is 0 Å². The van der Waals surface area contributed by atoms with Crippen LogP contribution < -0.4 is 14.9 Å². The molecule has 0 bridgehead atoms. The van der Waals surface area contributed by atoms with E-state index in [2.05, 4.69) is 24.4 Å². The summed E-state index contributed by atoms with van der Waals surface area (Å²) in [5.74, 6) is 0.686. The summed E-state index contributed by atoms with van der Waals surface area (Å²) in [5, 5.41) is 3.94. The van der Waals surface area contributed by atoms with E-state index in [0.29, 0.717) is 28.5 Å². The number of rotatable bonds is 9. The van der Waals surface area contributed by atoms with Crippen LogP contribution >= 0.6 is 0 Å². The minimum Gasteiger partial charge on any atom is -0.484 e. The van der Waals surface area contributed by atoms with Gasteiger partial charge in [-0.05, 0) is 59.9 Å². The third-order valence-corrected chi connectivity index (χ3v) is 4.91. The molecule has 1 atom stereocenters. The van der Waals surface area contributed by atoms with Gasteiger partial charge in [-0.2, -0.15) is 5.10 Å². The van der Waals surface area contributed by atoms with Crippen molar-refractivity contribution < 1.29 is 19.1 Å². The van der Waals surface area contributed by atoms with Gasteiger partial charge in [-0.3, -0.25) is 4.79 Å². The van der Waals surface area contributed by atoms with E-state index in [-0.39, 0.29) is 12.5 Å². The second-order valence-corrected chi connectivity index (χ2v) is 7.29. The van der Waals surface area contributed by atoms with Crippen molar-refractivity contribution in [2.24, 2.45) is 5.10 Å². The Bertz CT molecular complexity index is 1060. The number of esters is 1. The molecule has 3 aromatic carbocycles.